The first-order valence-electron chi connectivity index (χ1n) is 11.8. The molecular weight excluding hydrogens is 490 g/mol. The third kappa shape index (κ3) is 5.41. The fourth-order valence-corrected chi connectivity index (χ4v) is 4.33. The van der Waals surface area contributed by atoms with E-state index < -0.39 is 54.7 Å². The lowest BCUT2D eigenvalue weighted by molar-refractivity contribution is -0.217. The minimum absolute atomic E-state index is 0.0140. The van der Waals surface area contributed by atoms with E-state index in [1.807, 2.05) is 20.8 Å². The van der Waals surface area contributed by atoms with Gasteiger partial charge in [0.15, 0.2) is 17.7 Å². The highest BCUT2D eigenvalue weighted by molar-refractivity contribution is 5.66. The molecule has 0 amide bonds. The van der Waals surface area contributed by atoms with Crippen molar-refractivity contribution >= 4 is 5.97 Å². The Labute approximate surface area is 212 Å². The van der Waals surface area contributed by atoms with Crippen LogP contribution in [0, 0.1) is 18.6 Å². The molecule has 0 radical (unpaired) electrons. The van der Waals surface area contributed by atoms with Crippen molar-refractivity contribution in [3.8, 4) is 11.3 Å². The third-order valence-electron chi connectivity index (χ3n) is 6.34. The van der Waals surface area contributed by atoms with Crippen LogP contribution in [0.1, 0.15) is 50.8 Å². The highest BCUT2D eigenvalue weighted by atomic mass is 19.2. The number of rotatable bonds is 6. The molecule has 1 aliphatic rings. The molecule has 1 saturated heterocycles. The first-order valence-corrected chi connectivity index (χ1v) is 11.8. The molecule has 37 heavy (non-hydrogen) atoms. The van der Waals surface area contributed by atoms with Crippen molar-refractivity contribution in [1.29, 1.82) is 0 Å². The Kier molecular flexibility index (Phi) is 7.45. The highest BCUT2D eigenvalue weighted by Gasteiger charge is 2.49. The minimum Gasteiger partial charge on any atom is -0.457 e. The first kappa shape index (κ1) is 26.8. The third-order valence-corrected chi connectivity index (χ3v) is 6.34. The second-order valence-electron chi connectivity index (χ2n) is 10.2. The summed E-state index contributed by atoms with van der Waals surface area (Å²) < 4.78 is 46.9. The van der Waals surface area contributed by atoms with Gasteiger partial charge in [-0.3, -0.25) is 4.79 Å². The Morgan fingerprint density at radius 1 is 1.22 bits per heavy atom. The van der Waals surface area contributed by atoms with Crippen LogP contribution in [0.5, 0.6) is 0 Å². The van der Waals surface area contributed by atoms with Crippen LogP contribution in [-0.4, -0.2) is 67.4 Å². The standard InChI is InChI=1S/C25H30F2N4O6/c1-12-6-7-15(21(27)20(12)26)16-10-31(30-28-16)22-23(34)18(11-32)36-17(24(22)35-13(2)33)8-14-9-19(37-29-14)25(3,4)5/h6-7,9-10,17-18,22-24,32,34H,8,11H2,1-5H3. The summed E-state index contributed by atoms with van der Waals surface area (Å²) in [6.45, 7) is 8.02. The SMILES string of the molecule is CC(=O)OC1C(Cc2cc(C(C)(C)C)on2)OC(CO)C(O)C1n1cc(-c2ccc(C)c(F)c2F)nn1. The van der Waals surface area contributed by atoms with E-state index in [4.69, 9.17) is 14.0 Å². The van der Waals surface area contributed by atoms with E-state index in [0.717, 1.165) is 0 Å². The maximum absolute atomic E-state index is 14.6. The number of benzene rings is 1. The quantitative estimate of drug-likeness (QED) is 0.471. The number of hydrogen-bond acceptors (Lipinski definition) is 9. The monoisotopic (exact) mass is 520 g/mol. The number of hydrogen-bond donors (Lipinski definition) is 2. The van der Waals surface area contributed by atoms with E-state index >= 15 is 0 Å². The highest BCUT2D eigenvalue weighted by Crippen LogP contribution is 2.35. The molecule has 10 nitrogen and oxygen atoms in total. The maximum Gasteiger partial charge on any atom is 0.303 e. The zero-order valence-electron chi connectivity index (χ0n) is 21.2. The molecule has 1 aromatic carbocycles. The van der Waals surface area contributed by atoms with Crippen molar-refractivity contribution in [3.63, 3.8) is 0 Å². The zero-order chi connectivity index (χ0) is 27.1. The van der Waals surface area contributed by atoms with Crippen LogP contribution in [0.3, 0.4) is 0 Å². The second kappa shape index (κ2) is 10.3. The van der Waals surface area contributed by atoms with Crippen LogP contribution in [-0.2, 0) is 26.1 Å². The van der Waals surface area contributed by atoms with Crippen molar-refractivity contribution in [1.82, 2.24) is 20.2 Å². The van der Waals surface area contributed by atoms with E-state index in [1.165, 1.54) is 36.9 Å². The van der Waals surface area contributed by atoms with Gasteiger partial charge in [0.1, 0.15) is 35.8 Å². The number of carbonyl (C=O) groups is 1. The molecule has 1 aliphatic heterocycles. The predicted octanol–water partition coefficient (Wildman–Crippen LogP) is 2.65. The molecule has 1 fully saturated rings. The van der Waals surface area contributed by atoms with Crippen molar-refractivity contribution in [2.75, 3.05) is 6.61 Å². The first-order chi connectivity index (χ1) is 17.4. The van der Waals surface area contributed by atoms with Gasteiger partial charge in [0.2, 0.25) is 0 Å². The van der Waals surface area contributed by atoms with Crippen LogP contribution in [0.4, 0.5) is 8.78 Å². The molecule has 0 spiro atoms. The fourth-order valence-electron chi connectivity index (χ4n) is 4.33. The summed E-state index contributed by atoms with van der Waals surface area (Å²) in [5, 5.41) is 33.0. The molecule has 5 unspecified atom stereocenters. The number of nitrogens with zero attached hydrogens (tertiary/aromatic N) is 4. The molecule has 3 heterocycles. The number of ether oxygens (including phenoxy) is 2. The molecule has 200 valence electrons. The predicted molar refractivity (Wildman–Crippen MR) is 125 cm³/mol. The molecule has 3 aromatic rings. The summed E-state index contributed by atoms with van der Waals surface area (Å²) in [5.41, 5.74) is 0.268. The summed E-state index contributed by atoms with van der Waals surface area (Å²) in [7, 11) is 0. The van der Waals surface area contributed by atoms with Gasteiger partial charge in [-0.15, -0.1) is 5.10 Å². The second-order valence-corrected chi connectivity index (χ2v) is 10.2. The van der Waals surface area contributed by atoms with Crippen LogP contribution < -0.4 is 0 Å². The summed E-state index contributed by atoms with van der Waals surface area (Å²) in [6, 6.07) is 3.50. The number of halogens is 2. The van der Waals surface area contributed by atoms with Crippen molar-refractivity contribution < 1.29 is 37.8 Å². The van der Waals surface area contributed by atoms with Gasteiger partial charge in [-0.05, 0) is 18.6 Å². The molecule has 0 bridgehead atoms. The van der Waals surface area contributed by atoms with Gasteiger partial charge < -0.3 is 24.2 Å². The van der Waals surface area contributed by atoms with E-state index in [2.05, 4.69) is 15.5 Å². The number of aryl methyl sites for hydroxylation is 1. The number of esters is 1. The molecule has 0 saturated carbocycles. The number of carbonyl (C=O) groups excluding carboxylic acids is 1. The maximum atomic E-state index is 14.6. The Hall–Kier alpha value is -3.22. The van der Waals surface area contributed by atoms with Crippen molar-refractivity contribution in [2.45, 2.75) is 76.9 Å². The molecule has 12 heteroatoms. The van der Waals surface area contributed by atoms with E-state index in [0.29, 0.717) is 11.5 Å². The van der Waals surface area contributed by atoms with Crippen LogP contribution in [0.15, 0.2) is 28.9 Å². The number of aliphatic hydroxyl groups excluding tert-OH is 2. The average Bonchev–Trinajstić information content (AvgIpc) is 3.49. The summed E-state index contributed by atoms with van der Waals surface area (Å²) in [4.78, 5) is 12.0. The van der Waals surface area contributed by atoms with E-state index in [9.17, 15) is 23.8 Å². The largest absolute Gasteiger partial charge is 0.457 e. The van der Waals surface area contributed by atoms with Gasteiger partial charge >= 0.3 is 5.97 Å². The summed E-state index contributed by atoms with van der Waals surface area (Å²) in [6.07, 6.45) is -2.91. The van der Waals surface area contributed by atoms with Gasteiger partial charge in [-0.2, -0.15) is 0 Å². The van der Waals surface area contributed by atoms with E-state index in [-0.39, 0.29) is 28.7 Å². The number of aromatic nitrogens is 4. The minimum atomic E-state index is -1.37. The lowest BCUT2D eigenvalue weighted by Crippen LogP contribution is -2.57. The normalized spacial score (nSPS) is 24.3. The van der Waals surface area contributed by atoms with Gasteiger partial charge in [0, 0.05) is 30.4 Å². The summed E-state index contributed by atoms with van der Waals surface area (Å²) >= 11 is 0. The molecule has 5 atom stereocenters. The van der Waals surface area contributed by atoms with Gasteiger partial charge in [0.25, 0.3) is 0 Å². The number of aliphatic hydroxyl groups is 2. The van der Waals surface area contributed by atoms with Crippen LogP contribution in [0.25, 0.3) is 11.3 Å². The molecule has 4 rings (SSSR count). The van der Waals surface area contributed by atoms with Crippen molar-refractivity contribution in [2.24, 2.45) is 0 Å². The Morgan fingerprint density at radius 2 is 1.95 bits per heavy atom. The summed E-state index contributed by atoms with van der Waals surface area (Å²) in [5.74, 6) is -2.08. The van der Waals surface area contributed by atoms with Gasteiger partial charge in [0.05, 0.1) is 18.5 Å². The molecule has 0 aliphatic carbocycles. The lowest BCUT2D eigenvalue weighted by atomic mass is 9.89. The van der Waals surface area contributed by atoms with Gasteiger partial charge in [-0.25, -0.2) is 13.5 Å². The Morgan fingerprint density at radius 3 is 2.57 bits per heavy atom. The molecular formula is C25H30F2N4O6. The van der Waals surface area contributed by atoms with E-state index in [1.54, 1.807) is 6.07 Å². The smallest absolute Gasteiger partial charge is 0.303 e. The van der Waals surface area contributed by atoms with Gasteiger partial charge in [-0.1, -0.05) is 37.2 Å². The Bertz CT molecular complexity index is 1270. The van der Waals surface area contributed by atoms with Crippen LogP contribution in [0.2, 0.25) is 0 Å². The zero-order valence-corrected chi connectivity index (χ0v) is 21.2. The fraction of sp³-hybridized carbons (Fsp3) is 0.520. The lowest BCUT2D eigenvalue weighted by Gasteiger charge is -2.43. The molecule has 2 N–H and O–H groups in total. The van der Waals surface area contributed by atoms with Crippen molar-refractivity contribution in [3.05, 3.63) is 53.0 Å². The van der Waals surface area contributed by atoms with Crippen LogP contribution >= 0.6 is 0 Å². The average molecular weight is 521 g/mol. The topological polar surface area (TPSA) is 133 Å². The Balaban J connectivity index is 1.71. The molecule has 2 aromatic heterocycles.